The standard InChI is InChI=1S/C21H32N2O3S/c1-3-26-21(25)19-16-9-8-15(2)14-17(16)27-20(19)22-18(24)10-13-23-11-6-4-5-7-12-23/h15H,3-14H2,1-2H3,(H,22,24). The fourth-order valence-electron chi connectivity index (χ4n) is 4.07. The molecule has 1 fully saturated rings. The first-order chi connectivity index (χ1) is 13.1. The Hall–Kier alpha value is -1.40. The molecule has 0 bridgehead atoms. The van der Waals surface area contributed by atoms with Crippen LogP contribution in [0, 0.1) is 5.92 Å². The Morgan fingerprint density at radius 2 is 1.96 bits per heavy atom. The maximum Gasteiger partial charge on any atom is 0.341 e. The van der Waals surface area contributed by atoms with Gasteiger partial charge < -0.3 is 15.0 Å². The molecule has 1 unspecified atom stereocenters. The third-order valence-corrected chi connectivity index (χ3v) is 6.77. The lowest BCUT2D eigenvalue weighted by atomic mass is 9.88. The molecule has 1 aromatic rings. The Morgan fingerprint density at radius 3 is 2.67 bits per heavy atom. The Labute approximate surface area is 166 Å². The molecule has 3 rings (SSSR count). The number of anilines is 1. The van der Waals surface area contributed by atoms with Gasteiger partial charge in [0.1, 0.15) is 5.00 Å². The summed E-state index contributed by atoms with van der Waals surface area (Å²) in [5.41, 5.74) is 1.70. The quantitative estimate of drug-likeness (QED) is 0.735. The summed E-state index contributed by atoms with van der Waals surface area (Å²) in [6, 6.07) is 0. The van der Waals surface area contributed by atoms with E-state index in [1.807, 2.05) is 6.92 Å². The van der Waals surface area contributed by atoms with Gasteiger partial charge >= 0.3 is 5.97 Å². The van der Waals surface area contributed by atoms with E-state index in [1.54, 1.807) is 11.3 Å². The van der Waals surface area contributed by atoms with E-state index in [1.165, 1.54) is 30.6 Å². The van der Waals surface area contributed by atoms with Crippen molar-refractivity contribution in [3.8, 4) is 0 Å². The zero-order chi connectivity index (χ0) is 19.2. The van der Waals surface area contributed by atoms with Crippen LogP contribution in [-0.2, 0) is 22.4 Å². The van der Waals surface area contributed by atoms with Crippen LogP contribution in [0.3, 0.4) is 0 Å². The molecule has 5 nitrogen and oxygen atoms in total. The van der Waals surface area contributed by atoms with Crippen molar-refractivity contribution >= 4 is 28.2 Å². The van der Waals surface area contributed by atoms with Crippen molar-refractivity contribution in [1.82, 2.24) is 4.90 Å². The number of amides is 1. The number of hydrogen-bond acceptors (Lipinski definition) is 5. The van der Waals surface area contributed by atoms with E-state index in [9.17, 15) is 9.59 Å². The predicted octanol–water partition coefficient (Wildman–Crippen LogP) is 4.25. The largest absolute Gasteiger partial charge is 0.462 e. The average molecular weight is 393 g/mol. The Balaban J connectivity index is 1.67. The van der Waals surface area contributed by atoms with Gasteiger partial charge in [0.05, 0.1) is 12.2 Å². The first-order valence-corrected chi connectivity index (χ1v) is 11.2. The van der Waals surface area contributed by atoms with Crippen molar-refractivity contribution in [2.24, 2.45) is 5.92 Å². The number of likely N-dealkylation sites (tertiary alicyclic amines) is 1. The molecule has 1 atom stereocenters. The summed E-state index contributed by atoms with van der Waals surface area (Å²) in [5.74, 6) is 0.321. The highest BCUT2D eigenvalue weighted by molar-refractivity contribution is 7.17. The highest BCUT2D eigenvalue weighted by Gasteiger charge is 2.29. The SMILES string of the molecule is CCOC(=O)c1c(NC(=O)CCN2CCCCCC2)sc2c1CCC(C)C2. The fraction of sp³-hybridized carbons (Fsp3) is 0.714. The summed E-state index contributed by atoms with van der Waals surface area (Å²) in [7, 11) is 0. The minimum absolute atomic E-state index is 0.00330. The third-order valence-electron chi connectivity index (χ3n) is 5.60. The average Bonchev–Trinajstić information content (AvgIpc) is 2.80. The number of carbonyl (C=O) groups is 2. The topological polar surface area (TPSA) is 58.6 Å². The number of nitrogens with one attached hydrogen (secondary N) is 1. The van der Waals surface area contributed by atoms with Gasteiger partial charge in [0, 0.05) is 17.8 Å². The van der Waals surface area contributed by atoms with Gasteiger partial charge in [-0.2, -0.15) is 0 Å². The number of thiophene rings is 1. The maximum atomic E-state index is 12.6. The molecule has 27 heavy (non-hydrogen) atoms. The normalized spacial score (nSPS) is 20.6. The molecule has 2 heterocycles. The lowest BCUT2D eigenvalue weighted by Crippen LogP contribution is -2.28. The molecule has 6 heteroatoms. The zero-order valence-corrected chi connectivity index (χ0v) is 17.5. The van der Waals surface area contributed by atoms with E-state index in [2.05, 4.69) is 17.1 Å². The van der Waals surface area contributed by atoms with Crippen LogP contribution >= 0.6 is 11.3 Å². The minimum Gasteiger partial charge on any atom is -0.462 e. The van der Waals surface area contributed by atoms with Crippen LogP contribution in [0.15, 0.2) is 0 Å². The Bertz CT molecular complexity index is 663. The monoisotopic (exact) mass is 392 g/mol. The number of carbonyl (C=O) groups excluding carboxylic acids is 2. The predicted molar refractivity (Wildman–Crippen MR) is 110 cm³/mol. The van der Waals surface area contributed by atoms with Crippen LogP contribution < -0.4 is 5.32 Å². The van der Waals surface area contributed by atoms with E-state index in [-0.39, 0.29) is 11.9 Å². The molecule has 1 aliphatic heterocycles. The molecule has 0 aromatic carbocycles. The summed E-state index contributed by atoms with van der Waals surface area (Å²) in [4.78, 5) is 28.7. The van der Waals surface area contributed by atoms with E-state index in [0.29, 0.717) is 29.5 Å². The van der Waals surface area contributed by atoms with Crippen LogP contribution in [-0.4, -0.2) is 43.0 Å². The minimum atomic E-state index is -0.299. The van der Waals surface area contributed by atoms with Crippen LogP contribution in [0.2, 0.25) is 0 Å². The van der Waals surface area contributed by atoms with Crippen molar-refractivity contribution in [3.05, 3.63) is 16.0 Å². The molecule has 1 N–H and O–H groups in total. The zero-order valence-electron chi connectivity index (χ0n) is 16.6. The second kappa shape index (κ2) is 9.69. The van der Waals surface area contributed by atoms with Crippen molar-refractivity contribution in [2.45, 2.75) is 65.2 Å². The molecule has 1 aromatic heterocycles. The molecule has 0 spiro atoms. The Kier molecular flexibility index (Phi) is 7.30. The second-order valence-corrected chi connectivity index (χ2v) is 8.94. The molecule has 0 radical (unpaired) electrons. The van der Waals surface area contributed by atoms with Gasteiger partial charge in [-0.3, -0.25) is 4.79 Å². The van der Waals surface area contributed by atoms with Crippen molar-refractivity contribution in [1.29, 1.82) is 0 Å². The first-order valence-electron chi connectivity index (χ1n) is 10.4. The van der Waals surface area contributed by atoms with Crippen LogP contribution in [0.4, 0.5) is 5.00 Å². The summed E-state index contributed by atoms with van der Waals surface area (Å²) < 4.78 is 5.28. The summed E-state index contributed by atoms with van der Waals surface area (Å²) in [6.07, 6.45) is 8.48. The lowest BCUT2D eigenvalue weighted by Gasteiger charge is -2.19. The highest BCUT2D eigenvalue weighted by atomic mass is 32.1. The van der Waals surface area contributed by atoms with Crippen LogP contribution in [0.25, 0.3) is 0 Å². The number of fused-ring (bicyclic) bond motifs is 1. The lowest BCUT2D eigenvalue weighted by molar-refractivity contribution is -0.116. The van der Waals surface area contributed by atoms with Crippen LogP contribution in [0.1, 0.15) is 73.2 Å². The van der Waals surface area contributed by atoms with Gasteiger partial charge in [-0.05, 0) is 63.6 Å². The van der Waals surface area contributed by atoms with Crippen molar-refractivity contribution < 1.29 is 14.3 Å². The number of nitrogens with zero attached hydrogens (tertiary/aromatic N) is 1. The molecule has 1 amide bonds. The van der Waals surface area contributed by atoms with Gasteiger partial charge in [-0.1, -0.05) is 19.8 Å². The van der Waals surface area contributed by atoms with Gasteiger partial charge in [0.25, 0.3) is 0 Å². The smallest absolute Gasteiger partial charge is 0.341 e. The van der Waals surface area contributed by atoms with Crippen LogP contribution in [0.5, 0.6) is 0 Å². The first kappa shape index (κ1) is 20.3. The van der Waals surface area contributed by atoms with E-state index >= 15 is 0 Å². The second-order valence-electron chi connectivity index (χ2n) is 7.83. The van der Waals surface area contributed by atoms with E-state index in [0.717, 1.165) is 44.5 Å². The summed E-state index contributed by atoms with van der Waals surface area (Å²) in [5, 5.41) is 3.72. The van der Waals surface area contributed by atoms with Gasteiger partial charge in [-0.25, -0.2) is 4.79 Å². The molecular weight excluding hydrogens is 360 g/mol. The third kappa shape index (κ3) is 5.32. The van der Waals surface area contributed by atoms with Gasteiger partial charge in [-0.15, -0.1) is 11.3 Å². The summed E-state index contributed by atoms with van der Waals surface area (Å²) >= 11 is 1.57. The molecule has 1 aliphatic carbocycles. The Morgan fingerprint density at radius 1 is 1.22 bits per heavy atom. The number of ether oxygens (including phenoxy) is 1. The maximum absolute atomic E-state index is 12.6. The van der Waals surface area contributed by atoms with Gasteiger partial charge in [0.2, 0.25) is 5.91 Å². The van der Waals surface area contributed by atoms with Crippen molar-refractivity contribution in [3.63, 3.8) is 0 Å². The van der Waals surface area contributed by atoms with Gasteiger partial charge in [0.15, 0.2) is 0 Å². The molecule has 2 aliphatic rings. The van der Waals surface area contributed by atoms with Crippen molar-refractivity contribution in [2.75, 3.05) is 31.6 Å². The van der Waals surface area contributed by atoms with E-state index in [4.69, 9.17) is 4.74 Å². The molecule has 150 valence electrons. The fourth-order valence-corrected chi connectivity index (χ4v) is 5.48. The number of rotatable bonds is 6. The molecular formula is C21H32N2O3S. The summed E-state index contributed by atoms with van der Waals surface area (Å²) in [6.45, 7) is 7.38. The molecule has 1 saturated heterocycles. The number of hydrogen-bond donors (Lipinski definition) is 1. The number of esters is 1. The molecule has 0 saturated carbocycles. The highest BCUT2D eigenvalue weighted by Crippen LogP contribution is 2.40. The van der Waals surface area contributed by atoms with E-state index < -0.39 is 0 Å².